The predicted molar refractivity (Wildman–Crippen MR) is 102 cm³/mol. The van der Waals surface area contributed by atoms with Crippen LogP contribution in [-0.4, -0.2) is 20.9 Å². The van der Waals surface area contributed by atoms with Crippen LogP contribution in [0.4, 0.5) is 18.9 Å². The molecule has 0 aliphatic heterocycles. The van der Waals surface area contributed by atoms with Crippen molar-refractivity contribution >= 4 is 22.5 Å². The van der Waals surface area contributed by atoms with E-state index in [-0.39, 0.29) is 16.6 Å². The topological polar surface area (TPSA) is 67.8 Å². The number of para-hydroxylation sites is 1. The average Bonchev–Trinajstić information content (AvgIpc) is 2.73. The van der Waals surface area contributed by atoms with Gasteiger partial charge in [-0.1, -0.05) is 48.5 Å². The third kappa shape index (κ3) is 3.77. The van der Waals surface area contributed by atoms with Crippen molar-refractivity contribution < 1.29 is 18.0 Å². The first-order valence-electron chi connectivity index (χ1n) is 8.57. The van der Waals surface area contributed by atoms with E-state index in [4.69, 9.17) is 0 Å². The zero-order chi connectivity index (χ0) is 20.4. The number of rotatable bonds is 3. The van der Waals surface area contributed by atoms with E-state index in [1.165, 1.54) is 30.6 Å². The lowest BCUT2D eigenvalue weighted by molar-refractivity contribution is -0.136. The van der Waals surface area contributed by atoms with Gasteiger partial charge in [-0.25, -0.2) is 9.97 Å². The number of fused-ring (bicyclic) bond motifs is 1. The number of carbonyl (C=O) groups excluding carboxylic acids is 1. The van der Waals surface area contributed by atoms with Crippen LogP contribution in [0.2, 0.25) is 0 Å². The summed E-state index contributed by atoms with van der Waals surface area (Å²) in [5.74, 6) is -0.501. The molecule has 0 aliphatic carbocycles. The number of nitrogens with one attached hydrogen (secondary N) is 1. The maximum atomic E-state index is 13.7. The Morgan fingerprint density at radius 3 is 2.17 bits per heavy atom. The van der Waals surface area contributed by atoms with Gasteiger partial charge in [0.15, 0.2) is 5.82 Å². The first-order chi connectivity index (χ1) is 13.9. The lowest BCUT2D eigenvalue weighted by Gasteiger charge is -2.15. The first kappa shape index (κ1) is 18.5. The molecule has 2 aromatic carbocycles. The highest BCUT2D eigenvalue weighted by molar-refractivity contribution is 6.07. The van der Waals surface area contributed by atoms with Crippen molar-refractivity contribution in [2.24, 2.45) is 0 Å². The second-order valence-corrected chi connectivity index (χ2v) is 6.18. The Bertz CT molecular complexity index is 1180. The van der Waals surface area contributed by atoms with Gasteiger partial charge >= 0.3 is 6.18 Å². The Balaban J connectivity index is 1.66. The number of halogens is 3. The molecule has 0 fully saturated rings. The summed E-state index contributed by atoms with van der Waals surface area (Å²) in [5.41, 5.74) is -0.475. The first-order valence-corrected chi connectivity index (χ1v) is 8.57. The van der Waals surface area contributed by atoms with E-state index in [9.17, 15) is 18.0 Å². The van der Waals surface area contributed by atoms with Crippen molar-refractivity contribution in [3.05, 3.63) is 84.3 Å². The van der Waals surface area contributed by atoms with E-state index in [1.54, 1.807) is 6.07 Å². The van der Waals surface area contributed by atoms with Crippen LogP contribution in [0.1, 0.15) is 15.9 Å². The van der Waals surface area contributed by atoms with E-state index in [1.807, 2.05) is 30.3 Å². The van der Waals surface area contributed by atoms with Gasteiger partial charge in [0, 0.05) is 17.1 Å². The Hall–Kier alpha value is -3.81. The van der Waals surface area contributed by atoms with Crippen LogP contribution < -0.4 is 5.32 Å². The number of nitrogens with zero attached hydrogens (tertiary/aromatic N) is 3. The normalized spacial score (nSPS) is 11.4. The number of benzene rings is 2. The molecule has 5 nitrogen and oxygen atoms in total. The number of hydrogen-bond donors (Lipinski definition) is 1. The molecule has 0 unspecified atom stereocenters. The number of carbonyl (C=O) groups is 1. The lowest BCUT2D eigenvalue weighted by Crippen LogP contribution is -2.20. The third-order valence-corrected chi connectivity index (χ3v) is 4.25. The smallest absolute Gasteiger partial charge is 0.319 e. The maximum Gasteiger partial charge on any atom is 0.417 e. The van der Waals surface area contributed by atoms with Gasteiger partial charge in [0.1, 0.15) is 0 Å². The standard InChI is InChI=1S/C21H13F3N4O/c22-21(23,24)18-15-8-4-5-9-17(15)25-12-16(18)20(29)28-14-10-26-19(27-11-14)13-6-2-1-3-7-13/h1-12H,(H,28,29). The van der Waals surface area contributed by atoms with E-state index >= 15 is 0 Å². The Morgan fingerprint density at radius 2 is 1.48 bits per heavy atom. The average molecular weight is 394 g/mol. The van der Waals surface area contributed by atoms with Gasteiger partial charge in [0.05, 0.1) is 34.7 Å². The molecule has 0 spiro atoms. The van der Waals surface area contributed by atoms with Crippen molar-refractivity contribution in [2.45, 2.75) is 6.18 Å². The van der Waals surface area contributed by atoms with Gasteiger partial charge in [-0.3, -0.25) is 9.78 Å². The summed E-state index contributed by atoms with van der Waals surface area (Å²) in [6.45, 7) is 0. The quantitative estimate of drug-likeness (QED) is 0.533. The summed E-state index contributed by atoms with van der Waals surface area (Å²) in [6.07, 6.45) is -1.10. The van der Waals surface area contributed by atoms with E-state index in [0.717, 1.165) is 11.8 Å². The van der Waals surface area contributed by atoms with Crippen LogP contribution in [0.5, 0.6) is 0 Å². The van der Waals surface area contributed by atoms with Crippen molar-refractivity contribution in [1.29, 1.82) is 0 Å². The third-order valence-electron chi connectivity index (χ3n) is 4.25. The highest BCUT2D eigenvalue weighted by atomic mass is 19.4. The molecular weight excluding hydrogens is 381 g/mol. The molecule has 4 aromatic rings. The monoisotopic (exact) mass is 394 g/mol. The molecule has 8 heteroatoms. The fourth-order valence-corrected chi connectivity index (χ4v) is 2.95. The summed E-state index contributed by atoms with van der Waals surface area (Å²) in [6, 6.07) is 15.0. The van der Waals surface area contributed by atoms with Crippen molar-refractivity contribution in [3.63, 3.8) is 0 Å². The molecule has 2 aromatic heterocycles. The molecule has 29 heavy (non-hydrogen) atoms. The molecule has 2 heterocycles. The van der Waals surface area contributed by atoms with Gasteiger partial charge < -0.3 is 5.32 Å². The summed E-state index contributed by atoms with van der Waals surface area (Å²) < 4.78 is 41.1. The largest absolute Gasteiger partial charge is 0.417 e. The minimum atomic E-state index is -4.72. The van der Waals surface area contributed by atoms with Gasteiger partial charge in [-0.2, -0.15) is 13.2 Å². The van der Waals surface area contributed by atoms with Gasteiger partial charge in [0.2, 0.25) is 0 Å². The molecular formula is C21H13F3N4O. The molecule has 0 aliphatic rings. The number of alkyl halides is 3. The number of anilines is 1. The predicted octanol–water partition coefficient (Wildman–Crippen LogP) is 4.96. The molecule has 0 atom stereocenters. The van der Waals surface area contributed by atoms with Crippen molar-refractivity contribution in [2.75, 3.05) is 5.32 Å². The van der Waals surface area contributed by atoms with Crippen LogP contribution in [0, 0.1) is 0 Å². The second kappa shape index (κ2) is 7.31. The molecule has 0 bridgehead atoms. The second-order valence-electron chi connectivity index (χ2n) is 6.18. The molecule has 0 radical (unpaired) electrons. The molecule has 0 saturated carbocycles. The van der Waals surface area contributed by atoms with Crippen molar-refractivity contribution in [3.8, 4) is 11.4 Å². The van der Waals surface area contributed by atoms with Crippen LogP contribution >= 0.6 is 0 Å². The lowest BCUT2D eigenvalue weighted by atomic mass is 10.0. The van der Waals surface area contributed by atoms with Crippen LogP contribution in [0.15, 0.2) is 73.2 Å². The van der Waals surface area contributed by atoms with E-state index < -0.39 is 23.2 Å². The van der Waals surface area contributed by atoms with E-state index in [2.05, 4.69) is 20.3 Å². The van der Waals surface area contributed by atoms with Crippen LogP contribution in [0.3, 0.4) is 0 Å². The summed E-state index contributed by atoms with van der Waals surface area (Å²) in [7, 11) is 0. The molecule has 1 amide bonds. The maximum absolute atomic E-state index is 13.7. The minimum Gasteiger partial charge on any atom is -0.319 e. The Kier molecular flexibility index (Phi) is 4.67. The summed E-state index contributed by atoms with van der Waals surface area (Å²) in [4.78, 5) is 24.9. The van der Waals surface area contributed by atoms with Crippen LogP contribution in [0.25, 0.3) is 22.3 Å². The SMILES string of the molecule is O=C(Nc1cnc(-c2ccccc2)nc1)c1cnc2ccccc2c1C(F)(F)F. The fourth-order valence-electron chi connectivity index (χ4n) is 2.95. The zero-order valence-corrected chi connectivity index (χ0v) is 14.8. The summed E-state index contributed by atoms with van der Waals surface area (Å²) in [5, 5.41) is 2.27. The minimum absolute atomic E-state index is 0.136. The van der Waals surface area contributed by atoms with Gasteiger partial charge in [-0.15, -0.1) is 0 Å². The molecule has 4 rings (SSSR count). The van der Waals surface area contributed by atoms with Crippen LogP contribution in [-0.2, 0) is 6.18 Å². The molecule has 1 N–H and O–H groups in total. The number of pyridine rings is 1. The number of aromatic nitrogens is 3. The Morgan fingerprint density at radius 1 is 0.828 bits per heavy atom. The number of hydrogen-bond acceptors (Lipinski definition) is 4. The molecule has 144 valence electrons. The van der Waals surface area contributed by atoms with Gasteiger partial charge in [0.25, 0.3) is 5.91 Å². The van der Waals surface area contributed by atoms with E-state index in [0.29, 0.717) is 5.82 Å². The summed E-state index contributed by atoms with van der Waals surface area (Å²) >= 11 is 0. The fraction of sp³-hybridized carbons (Fsp3) is 0.0476. The van der Waals surface area contributed by atoms with Crippen molar-refractivity contribution in [1.82, 2.24) is 15.0 Å². The highest BCUT2D eigenvalue weighted by Gasteiger charge is 2.37. The number of amides is 1. The molecule has 0 saturated heterocycles. The Labute approximate surface area is 163 Å². The highest BCUT2D eigenvalue weighted by Crippen LogP contribution is 2.37. The van der Waals surface area contributed by atoms with Gasteiger partial charge in [-0.05, 0) is 6.07 Å². The zero-order valence-electron chi connectivity index (χ0n) is 14.8.